The Bertz CT molecular complexity index is 1040. The second kappa shape index (κ2) is 9.74. The maximum absolute atomic E-state index is 13.1. The SMILES string of the molecule is CC(C)[C@H](O)C(=O)N[C@@H](C)C(=O)NC1N=C(c2ccccc2)c2ccccc2N(C)C1=O. The van der Waals surface area contributed by atoms with Crippen LogP contribution in [0.4, 0.5) is 5.69 Å². The van der Waals surface area contributed by atoms with E-state index in [4.69, 9.17) is 0 Å². The molecule has 1 unspecified atom stereocenters. The van der Waals surface area contributed by atoms with Crippen LogP contribution in [0.1, 0.15) is 31.9 Å². The highest BCUT2D eigenvalue weighted by molar-refractivity contribution is 6.20. The average molecular weight is 437 g/mol. The second-order valence-corrected chi connectivity index (χ2v) is 8.09. The Kier molecular flexibility index (Phi) is 7.05. The fraction of sp³-hybridized carbons (Fsp3) is 0.333. The van der Waals surface area contributed by atoms with Crippen LogP contribution in [0.2, 0.25) is 0 Å². The Hall–Kier alpha value is -3.52. The molecule has 3 rings (SSSR count). The molecule has 3 amide bonds. The molecule has 1 aliphatic heterocycles. The molecule has 1 heterocycles. The summed E-state index contributed by atoms with van der Waals surface area (Å²) in [7, 11) is 1.63. The number of aliphatic hydroxyl groups excluding tert-OH is 1. The number of rotatable bonds is 6. The summed E-state index contributed by atoms with van der Waals surface area (Å²) >= 11 is 0. The van der Waals surface area contributed by atoms with Crippen molar-refractivity contribution in [2.75, 3.05) is 11.9 Å². The summed E-state index contributed by atoms with van der Waals surface area (Å²) in [5, 5.41) is 15.0. The van der Waals surface area contributed by atoms with E-state index in [2.05, 4.69) is 15.6 Å². The van der Waals surface area contributed by atoms with Crippen molar-refractivity contribution in [3.05, 3.63) is 65.7 Å². The number of nitrogens with one attached hydrogen (secondary N) is 2. The van der Waals surface area contributed by atoms with Crippen LogP contribution in [-0.2, 0) is 14.4 Å². The molecular weight excluding hydrogens is 408 g/mol. The summed E-state index contributed by atoms with van der Waals surface area (Å²) in [5.41, 5.74) is 2.84. The van der Waals surface area contributed by atoms with Crippen molar-refractivity contribution >= 4 is 29.1 Å². The zero-order chi connectivity index (χ0) is 23.4. The average Bonchev–Trinajstić information content (AvgIpc) is 2.89. The molecule has 3 N–H and O–H groups in total. The first-order chi connectivity index (χ1) is 15.2. The van der Waals surface area contributed by atoms with Gasteiger partial charge in [-0.15, -0.1) is 0 Å². The second-order valence-electron chi connectivity index (χ2n) is 8.09. The summed E-state index contributed by atoms with van der Waals surface area (Å²) in [5.74, 6) is -1.92. The van der Waals surface area contributed by atoms with Gasteiger partial charge in [-0.25, -0.2) is 4.99 Å². The number of nitrogens with zero attached hydrogens (tertiary/aromatic N) is 2. The van der Waals surface area contributed by atoms with E-state index in [0.717, 1.165) is 11.1 Å². The first kappa shape index (κ1) is 23.1. The number of hydrogen-bond acceptors (Lipinski definition) is 5. The lowest BCUT2D eigenvalue weighted by atomic mass is 10.0. The zero-order valence-corrected chi connectivity index (χ0v) is 18.6. The largest absolute Gasteiger partial charge is 0.383 e. The maximum Gasteiger partial charge on any atom is 0.272 e. The molecule has 0 saturated carbocycles. The first-order valence-corrected chi connectivity index (χ1v) is 10.5. The number of likely N-dealkylation sites (N-methyl/N-ethyl adjacent to an activating group) is 1. The van der Waals surface area contributed by atoms with E-state index < -0.39 is 36.0 Å². The van der Waals surface area contributed by atoms with Gasteiger partial charge >= 0.3 is 0 Å². The van der Waals surface area contributed by atoms with Crippen molar-refractivity contribution in [3.63, 3.8) is 0 Å². The monoisotopic (exact) mass is 436 g/mol. The van der Waals surface area contributed by atoms with E-state index in [1.165, 1.54) is 11.8 Å². The summed E-state index contributed by atoms with van der Waals surface area (Å²) in [4.78, 5) is 44.1. The van der Waals surface area contributed by atoms with Crippen LogP contribution >= 0.6 is 0 Å². The van der Waals surface area contributed by atoms with E-state index >= 15 is 0 Å². The molecule has 2 aromatic carbocycles. The lowest BCUT2D eigenvalue weighted by molar-refractivity contribution is -0.135. The van der Waals surface area contributed by atoms with E-state index in [0.29, 0.717) is 11.4 Å². The van der Waals surface area contributed by atoms with Gasteiger partial charge in [-0.3, -0.25) is 14.4 Å². The van der Waals surface area contributed by atoms with Crippen molar-refractivity contribution in [2.24, 2.45) is 10.9 Å². The van der Waals surface area contributed by atoms with Gasteiger partial charge in [-0.1, -0.05) is 62.4 Å². The Labute approximate surface area is 187 Å². The van der Waals surface area contributed by atoms with Gasteiger partial charge in [0.15, 0.2) is 0 Å². The molecule has 32 heavy (non-hydrogen) atoms. The van der Waals surface area contributed by atoms with Gasteiger partial charge in [0.25, 0.3) is 5.91 Å². The molecule has 0 radical (unpaired) electrons. The van der Waals surface area contributed by atoms with Crippen LogP contribution in [0.15, 0.2) is 59.6 Å². The van der Waals surface area contributed by atoms with E-state index in [1.54, 1.807) is 20.9 Å². The number of benzene rings is 2. The predicted molar refractivity (Wildman–Crippen MR) is 122 cm³/mol. The number of carbonyl (C=O) groups excluding carboxylic acids is 3. The summed E-state index contributed by atoms with van der Waals surface area (Å²) in [6.07, 6.45) is -2.41. The van der Waals surface area contributed by atoms with Crippen molar-refractivity contribution in [3.8, 4) is 0 Å². The van der Waals surface area contributed by atoms with Gasteiger partial charge in [-0.2, -0.15) is 0 Å². The van der Waals surface area contributed by atoms with Crippen molar-refractivity contribution in [1.29, 1.82) is 0 Å². The number of aliphatic hydroxyl groups is 1. The standard InChI is InChI=1S/C24H28N4O4/c1-14(2)20(29)23(31)25-15(3)22(30)27-21-24(32)28(4)18-13-9-8-12-17(18)19(26-21)16-10-6-5-7-11-16/h5-15,20-21,29H,1-4H3,(H,25,31)(H,27,30)/t15-,20-,21?/m0/s1. The molecule has 0 spiro atoms. The fourth-order valence-corrected chi connectivity index (χ4v) is 3.37. The first-order valence-electron chi connectivity index (χ1n) is 10.5. The van der Waals surface area contributed by atoms with Gasteiger partial charge in [0.05, 0.1) is 11.4 Å². The molecule has 0 fully saturated rings. The highest BCUT2D eigenvalue weighted by atomic mass is 16.3. The van der Waals surface area contributed by atoms with Crippen molar-refractivity contribution in [2.45, 2.75) is 39.1 Å². The number of hydrogen-bond donors (Lipinski definition) is 3. The van der Waals surface area contributed by atoms with Crippen LogP contribution in [0.3, 0.4) is 0 Å². The molecule has 0 aliphatic carbocycles. The van der Waals surface area contributed by atoms with Gasteiger partial charge in [0.1, 0.15) is 12.1 Å². The smallest absolute Gasteiger partial charge is 0.272 e. The van der Waals surface area contributed by atoms with Crippen LogP contribution in [0.25, 0.3) is 0 Å². The number of anilines is 1. The van der Waals surface area contributed by atoms with Crippen LogP contribution < -0.4 is 15.5 Å². The number of para-hydroxylation sites is 1. The highest BCUT2D eigenvalue weighted by Gasteiger charge is 2.32. The van der Waals surface area contributed by atoms with Gasteiger partial charge < -0.3 is 20.6 Å². The van der Waals surface area contributed by atoms with Gasteiger partial charge in [0.2, 0.25) is 18.0 Å². The Morgan fingerprint density at radius 3 is 2.28 bits per heavy atom. The summed E-state index contributed by atoms with van der Waals surface area (Å²) in [6, 6.07) is 15.9. The van der Waals surface area contributed by atoms with E-state index in [9.17, 15) is 19.5 Å². The van der Waals surface area contributed by atoms with Gasteiger partial charge in [0, 0.05) is 18.2 Å². The molecule has 8 heteroatoms. The van der Waals surface area contributed by atoms with E-state index in [-0.39, 0.29) is 5.92 Å². The zero-order valence-electron chi connectivity index (χ0n) is 18.6. The predicted octanol–water partition coefficient (Wildman–Crippen LogP) is 1.46. The van der Waals surface area contributed by atoms with Crippen LogP contribution in [0.5, 0.6) is 0 Å². The quantitative estimate of drug-likeness (QED) is 0.637. The lowest BCUT2D eigenvalue weighted by Crippen LogP contribution is -2.53. The number of amides is 3. The minimum absolute atomic E-state index is 0.293. The Morgan fingerprint density at radius 2 is 1.62 bits per heavy atom. The summed E-state index contributed by atoms with van der Waals surface area (Å²) in [6.45, 7) is 4.89. The fourth-order valence-electron chi connectivity index (χ4n) is 3.37. The number of carbonyl (C=O) groups is 3. The molecule has 0 bridgehead atoms. The molecule has 0 saturated heterocycles. The molecule has 8 nitrogen and oxygen atoms in total. The normalized spacial score (nSPS) is 17.7. The summed E-state index contributed by atoms with van der Waals surface area (Å²) < 4.78 is 0. The molecule has 2 aromatic rings. The molecular formula is C24H28N4O4. The lowest BCUT2D eigenvalue weighted by Gasteiger charge is -2.23. The third-order valence-corrected chi connectivity index (χ3v) is 5.32. The minimum Gasteiger partial charge on any atom is -0.383 e. The van der Waals surface area contributed by atoms with E-state index in [1.807, 2.05) is 54.6 Å². The van der Waals surface area contributed by atoms with Crippen molar-refractivity contribution in [1.82, 2.24) is 10.6 Å². The molecule has 168 valence electrons. The van der Waals surface area contributed by atoms with Gasteiger partial charge in [-0.05, 0) is 18.9 Å². The number of aliphatic imine (C=N–C) groups is 1. The Morgan fingerprint density at radius 1 is 1.00 bits per heavy atom. The minimum atomic E-state index is -1.23. The van der Waals surface area contributed by atoms with Crippen molar-refractivity contribution < 1.29 is 19.5 Å². The van der Waals surface area contributed by atoms with Crippen LogP contribution in [0, 0.1) is 5.92 Å². The third kappa shape index (κ3) is 4.86. The molecule has 3 atom stereocenters. The topological polar surface area (TPSA) is 111 Å². The number of benzodiazepines with no additional fused rings is 1. The molecule has 0 aromatic heterocycles. The number of fused-ring (bicyclic) bond motifs is 1. The molecule has 1 aliphatic rings. The maximum atomic E-state index is 13.1. The highest BCUT2D eigenvalue weighted by Crippen LogP contribution is 2.27. The Balaban J connectivity index is 1.90. The third-order valence-electron chi connectivity index (χ3n) is 5.32. The van der Waals surface area contributed by atoms with Crippen LogP contribution in [-0.4, -0.2) is 53.9 Å².